The Morgan fingerprint density at radius 3 is 2.55 bits per heavy atom. The molecule has 1 saturated heterocycles. The standard InChI is InChI=1S/C27H22Cl2N2O6S/c1-5-10-37-26(35)24-14(3)30-27(38-24)31-21(15-6-8-17(28)18(29)12-15)20(23(33)25(31)34)22(32)16-7-9-19(36-4)13(2)11-16/h5-9,11-12,21,32H,1,10H2,2-4H3/t21-/m0/s1. The van der Waals surface area contributed by atoms with Gasteiger partial charge in [0.2, 0.25) is 0 Å². The van der Waals surface area contributed by atoms with E-state index in [1.165, 1.54) is 25.3 Å². The maximum Gasteiger partial charge on any atom is 0.350 e. The first-order chi connectivity index (χ1) is 18.1. The maximum absolute atomic E-state index is 13.4. The Bertz CT molecular complexity index is 1510. The molecule has 0 aliphatic carbocycles. The number of hydrogen-bond donors (Lipinski definition) is 1. The zero-order valence-corrected chi connectivity index (χ0v) is 22.9. The largest absolute Gasteiger partial charge is 0.507 e. The number of ketones is 1. The van der Waals surface area contributed by atoms with E-state index in [1.54, 1.807) is 38.1 Å². The van der Waals surface area contributed by atoms with E-state index < -0.39 is 23.7 Å². The first kappa shape index (κ1) is 27.4. The molecule has 1 aromatic heterocycles. The van der Waals surface area contributed by atoms with Gasteiger partial charge < -0.3 is 14.6 Å². The van der Waals surface area contributed by atoms with E-state index in [0.717, 1.165) is 21.8 Å². The number of nitrogens with zero attached hydrogens (tertiary/aromatic N) is 2. The van der Waals surface area contributed by atoms with Gasteiger partial charge in [-0.2, -0.15) is 0 Å². The number of esters is 1. The van der Waals surface area contributed by atoms with Gasteiger partial charge in [0.1, 0.15) is 23.0 Å². The van der Waals surface area contributed by atoms with Crippen LogP contribution in [0, 0.1) is 13.8 Å². The number of aliphatic hydroxyl groups is 1. The predicted molar refractivity (Wildman–Crippen MR) is 146 cm³/mol. The van der Waals surface area contributed by atoms with Crippen LogP contribution in [0.4, 0.5) is 5.13 Å². The number of thiazole rings is 1. The Morgan fingerprint density at radius 1 is 1.18 bits per heavy atom. The van der Waals surface area contributed by atoms with E-state index in [2.05, 4.69) is 11.6 Å². The maximum atomic E-state index is 13.4. The fraction of sp³-hybridized carbons (Fsp3) is 0.185. The number of Topliss-reactive ketones (excluding diaryl/α,β-unsaturated/α-hetero) is 1. The number of ether oxygens (including phenoxy) is 2. The number of aryl methyl sites for hydroxylation is 2. The zero-order valence-electron chi connectivity index (χ0n) is 20.6. The minimum Gasteiger partial charge on any atom is -0.507 e. The second-order valence-electron chi connectivity index (χ2n) is 8.33. The summed E-state index contributed by atoms with van der Waals surface area (Å²) in [6.07, 6.45) is 1.43. The molecule has 1 aliphatic rings. The van der Waals surface area contributed by atoms with Crippen LogP contribution in [0.1, 0.15) is 38.1 Å². The summed E-state index contributed by atoms with van der Waals surface area (Å²) in [5.74, 6) is -2.27. The number of aromatic nitrogens is 1. The smallest absolute Gasteiger partial charge is 0.350 e. The number of benzene rings is 2. The summed E-state index contributed by atoms with van der Waals surface area (Å²) in [4.78, 5) is 45.0. The molecule has 0 radical (unpaired) electrons. The number of anilines is 1. The molecule has 1 atom stereocenters. The van der Waals surface area contributed by atoms with Crippen molar-refractivity contribution in [1.82, 2.24) is 4.98 Å². The Morgan fingerprint density at radius 2 is 1.92 bits per heavy atom. The van der Waals surface area contributed by atoms with Crippen LogP contribution in [0.15, 0.2) is 54.6 Å². The number of rotatable bonds is 7. The monoisotopic (exact) mass is 572 g/mol. The molecule has 0 bridgehead atoms. The number of aliphatic hydroxyl groups excluding tert-OH is 1. The van der Waals surface area contributed by atoms with Crippen LogP contribution in [0.25, 0.3) is 5.76 Å². The van der Waals surface area contributed by atoms with E-state index in [1.807, 2.05) is 0 Å². The summed E-state index contributed by atoms with van der Waals surface area (Å²) in [6.45, 7) is 6.90. The van der Waals surface area contributed by atoms with Gasteiger partial charge in [0.05, 0.1) is 34.5 Å². The molecule has 2 aromatic carbocycles. The molecule has 0 spiro atoms. The third kappa shape index (κ3) is 4.92. The lowest BCUT2D eigenvalue weighted by Gasteiger charge is -2.23. The second-order valence-corrected chi connectivity index (χ2v) is 10.1. The van der Waals surface area contributed by atoms with Crippen LogP contribution >= 0.6 is 34.5 Å². The lowest BCUT2D eigenvalue weighted by molar-refractivity contribution is -0.132. The SMILES string of the molecule is C=CCOC(=O)c1sc(N2C(=O)C(=O)C(=C(O)c3ccc(OC)c(C)c3)[C@@H]2c2ccc(Cl)c(Cl)c2)nc1C. The van der Waals surface area contributed by atoms with E-state index in [9.17, 15) is 19.5 Å². The average Bonchev–Trinajstić information content (AvgIpc) is 3.40. The Labute approximate surface area is 232 Å². The fourth-order valence-corrected chi connectivity index (χ4v) is 5.38. The second kappa shape index (κ2) is 11.0. The molecular formula is C27H22Cl2N2O6S. The molecule has 1 amide bonds. The van der Waals surface area contributed by atoms with Gasteiger partial charge in [-0.05, 0) is 55.3 Å². The average molecular weight is 573 g/mol. The van der Waals surface area contributed by atoms with Crippen molar-refractivity contribution in [2.75, 3.05) is 18.6 Å². The van der Waals surface area contributed by atoms with E-state index in [-0.39, 0.29) is 38.0 Å². The van der Waals surface area contributed by atoms with Crippen LogP contribution in [-0.2, 0) is 14.3 Å². The number of methoxy groups -OCH3 is 1. The summed E-state index contributed by atoms with van der Waals surface area (Å²) in [7, 11) is 1.52. The predicted octanol–water partition coefficient (Wildman–Crippen LogP) is 6.04. The lowest BCUT2D eigenvalue weighted by atomic mass is 9.95. The topological polar surface area (TPSA) is 106 Å². The van der Waals surface area contributed by atoms with Crippen molar-refractivity contribution in [3.63, 3.8) is 0 Å². The van der Waals surface area contributed by atoms with Crippen molar-refractivity contribution >= 4 is 63.1 Å². The van der Waals surface area contributed by atoms with Gasteiger partial charge in [-0.15, -0.1) is 0 Å². The normalized spacial score (nSPS) is 16.6. The Balaban J connectivity index is 1.91. The van der Waals surface area contributed by atoms with Gasteiger partial charge in [0.15, 0.2) is 5.13 Å². The summed E-state index contributed by atoms with van der Waals surface area (Å²) in [5.41, 5.74) is 1.60. The number of amides is 1. The Hall–Kier alpha value is -3.66. The van der Waals surface area contributed by atoms with Gasteiger partial charge >= 0.3 is 11.9 Å². The first-order valence-corrected chi connectivity index (χ1v) is 12.8. The van der Waals surface area contributed by atoms with Crippen LogP contribution < -0.4 is 9.64 Å². The molecule has 1 aliphatic heterocycles. The molecule has 1 N–H and O–H groups in total. The molecule has 0 unspecified atom stereocenters. The third-order valence-corrected chi connectivity index (χ3v) is 7.76. The quantitative estimate of drug-likeness (QED) is 0.121. The highest BCUT2D eigenvalue weighted by atomic mass is 35.5. The Kier molecular flexibility index (Phi) is 7.91. The molecule has 196 valence electrons. The highest BCUT2D eigenvalue weighted by molar-refractivity contribution is 7.17. The first-order valence-electron chi connectivity index (χ1n) is 11.2. The summed E-state index contributed by atoms with van der Waals surface area (Å²) < 4.78 is 10.4. The van der Waals surface area contributed by atoms with Gasteiger partial charge in [-0.3, -0.25) is 14.5 Å². The van der Waals surface area contributed by atoms with Crippen LogP contribution in [-0.4, -0.2) is 41.5 Å². The molecule has 1 fully saturated rings. The zero-order chi connectivity index (χ0) is 27.7. The molecule has 38 heavy (non-hydrogen) atoms. The van der Waals surface area contributed by atoms with Gasteiger partial charge in [0, 0.05) is 5.56 Å². The lowest BCUT2D eigenvalue weighted by Crippen LogP contribution is -2.29. The van der Waals surface area contributed by atoms with Crippen LogP contribution in [0.5, 0.6) is 5.75 Å². The van der Waals surface area contributed by atoms with Crippen molar-refractivity contribution in [2.45, 2.75) is 19.9 Å². The van der Waals surface area contributed by atoms with Crippen molar-refractivity contribution in [3.05, 3.63) is 91.9 Å². The number of carbonyl (C=O) groups is 3. The fourth-order valence-electron chi connectivity index (χ4n) is 4.08. The van der Waals surface area contributed by atoms with Crippen molar-refractivity contribution in [3.8, 4) is 5.75 Å². The molecule has 4 rings (SSSR count). The molecule has 2 heterocycles. The number of carbonyl (C=O) groups excluding carboxylic acids is 3. The van der Waals surface area contributed by atoms with Crippen LogP contribution in [0.2, 0.25) is 10.0 Å². The summed E-state index contributed by atoms with van der Waals surface area (Å²) in [6, 6.07) is 8.43. The van der Waals surface area contributed by atoms with Gasteiger partial charge in [0.25, 0.3) is 5.78 Å². The van der Waals surface area contributed by atoms with Crippen LogP contribution in [0.3, 0.4) is 0 Å². The molecule has 8 nitrogen and oxygen atoms in total. The molecular weight excluding hydrogens is 551 g/mol. The van der Waals surface area contributed by atoms with E-state index in [4.69, 9.17) is 32.7 Å². The number of halogens is 2. The van der Waals surface area contributed by atoms with E-state index >= 15 is 0 Å². The highest BCUT2D eigenvalue weighted by Gasteiger charge is 2.48. The van der Waals surface area contributed by atoms with E-state index in [0.29, 0.717) is 22.6 Å². The van der Waals surface area contributed by atoms with Gasteiger partial charge in [-0.25, -0.2) is 9.78 Å². The minimum absolute atomic E-state index is 0.000568. The van der Waals surface area contributed by atoms with Crippen molar-refractivity contribution in [2.24, 2.45) is 0 Å². The minimum atomic E-state index is -1.10. The highest BCUT2D eigenvalue weighted by Crippen LogP contribution is 2.45. The number of hydrogen-bond acceptors (Lipinski definition) is 8. The summed E-state index contributed by atoms with van der Waals surface area (Å²) in [5, 5.41) is 11.9. The summed E-state index contributed by atoms with van der Waals surface area (Å²) >= 11 is 13.3. The van der Waals surface area contributed by atoms with Gasteiger partial charge in [-0.1, -0.05) is 53.3 Å². The molecule has 0 saturated carbocycles. The third-order valence-electron chi connectivity index (χ3n) is 5.88. The van der Waals surface area contributed by atoms with Crippen molar-refractivity contribution in [1.29, 1.82) is 0 Å². The molecule has 11 heteroatoms. The van der Waals surface area contributed by atoms with Crippen molar-refractivity contribution < 1.29 is 29.0 Å². The molecule has 3 aromatic rings.